The first-order valence-corrected chi connectivity index (χ1v) is 8.66. The highest BCUT2D eigenvalue weighted by atomic mass is 16.5. The predicted octanol–water partition coefficient (Wildman–Crippen LogP) is 0.746. The summed E-state index contributed by atoms with van der Waals surface area (Å²) in [6.45, 7) is 5.95. The highest BCUT2D eigenvalue weighted by Crippen LogP contribution is 2.22. The number of likely N-dealkylation sites (tertiary alicyclic amines) is 1. The molecule has 3 fully saturated rings. The molecular formula is C16H29N3O2. The van der Waals surface area contributed by atoms with Crippen molar-refractivity contribution < 1.29 is 9.53 Å². The lowest BCUT2D eigenvalue weighted by Gasteiger charge is -2.39. The lowest BCUT2D eigenvalue weighted by molar-refractivity contribution is -0.123. The molecule has 0 saturated carbocycles. The van der Waals surface area contributed by atoms with E-state index in [2.05, 4.69) is 15.5 Å². The Bertz CT molecular complexity index is 338. The Hall–Kier alpha value is -0.650. The van der Waals surface area contributed by atoms with Crippen LogP contribution in [-0.4, -0.2) is 62.3 Å². The molecule has 0 aromatic heterocycles. The predicted molar refractivity (Wildman–Crippen MR) is 82.2 cm³/mol. The van der Waals surface area contributed by atoms with E-state index >= 15 is 0 Å². The highest BCUT2D eigenvalue weighted by Gasteiger charge is 2.28. The van der Waals surface area contributed by atoms with E-state index < -0.39 is 0 Å². The zero-order valence-corrected chi connectivity index (χ0v) is 13.0. The molecule has 5 nitrogen and oxygen atoms in total. The Morgan fingerprint density at radius 2 is 2.19 bits per heavy atom. The maximum Gasteiger partial charge on any atom is 0.237 e. The monoisotopic (exact) mass is 295 g/mol. The number of piperidine rings is 1. The first kappa shape index (κ1) is 15.3. The van der Waals surface area contributed by atoms with E-state index in [1.807, 2.05) is 0 Å². The van der Waals surface area contributed by atoms with E-state index in [1.165, 1.54) is 32.2 Å². The lowest BCUT2D eigenvalue weighted by atomic mass is 9.95. The molecule has 0 spiro atoms. The highest BCUT2D eigenvalue weighted by molar-refractivity contribution is 5.81. The normalized spacial score (nSPS) is 34.8. The molecule has 120 valence electrons. The van der Waals surface area contributed by atoms with E-state index in [4.69, 9.17) is 4.74 Å². The second-order valence-electron chi connectivity index (χ2n) is 6.77. The van der Waals surface area contributed by atoms with Gasteiger partial charge in [0.15, 0.2) is 0 Å². The zero-order chi connectivity index (χ0) is 14.5. The molecule has 0 bridgehead atoms. The van der Waals surface area contributed by atoms with E-state index in [9.17, 15) is 4.79 Å². The minimum Gasteiger partial charge on any atom is -0.380 e. The number of carbonyl (C=O) groups excluding carboxylic acids is 1. The van der Waals surface area contributed by atoms with Gasteiger partial charge in [0.05, 0.1) is 12.6 Å². The smallest absolute Gasteiger partial charge is 0.237 e. The molecule has 5 heteroatoms. The van der Waals surface area contributed by atoms with Crippen LogP contribution in [0.2, 0.25) is 0 Å². The average molecular weight is 295 g/mol. The van der Waals surface area contributed by atoms with Gasteiger partial charge in [0, 0.05) is 25.7 Å². The molecular weight excluding hydrogens is 266 g/mol. The Labute approximate surface area is 127 Å². The Morgan fingerprint density at radius 1 is 1.24 bits per heavy atom. The molecule has 0 aromatic rings. The van der Waals surface area contributed by atoms with E-state index in [0.29, 0.717) is 12.0 Å². The third-order valence-corrected chi connectivity index (χ3v) is 5.14. The number of ether oxygens (including phenoxy) is 1. The quantitative estimate of drug-likeness (QED) is 0.803. The van der Waals surface area contributed by atoms with Gasteiger partial charge < -0.3 is 15.4 Å². The molecule has 3 saturated heterocycles. The van der Waals surface area contributed by atoms with Gasteiger partial charge in [0.25, 0.3) is 0 Å². The Morgan fingerprint density at radius 3 is 2.95 bits per heavy atom. The van der Waals surface area contributed by atoms with Crippen molar-refractivity contribution in [3.05, 3.63) is 0 Å². The van der Waals surface area contributed by atoms with Crippen LogP contribution in [0, 0.1) is 5.92 Å². The minimum absolute atomic E-state index is 0.0523. The van der Waals surface area contributed by atoms with E-state index in [0.717, 1.165) is 45.7 Å². The topological polar surface area (TPSA) is 53.6 Å². The molecule has 2 N–H and O–H groups in total. The summed E-state index contributed by atoms with van der Waals surface area (Å²) in [7, 11) is 0. The number of nitrogens with one attached hydrogen (secondary N) is 2. The van der Waals surface area contributed by atoms with Crippen LogP contribution in [0.4, 0.5) is 0 Å². The van der Waals surface area contributed by atoms with Crippen LogP contribution in [0.15, 0.2) is 0 Å². The van der Waals surface area contributed by atoms with E-state index in [1.54, 1.807) is 0 Å². The summed E-state index contributed by atoms with van der Waals surface area (Å²) in [6, 6.07) is 0.658. The second-order valence-corrected chi connectivity index (χ2v) is 6.77. The molecule has 3 heterocycles. The molecule has 3 rings (SSSR count). The number of hydrogen-bond donors (Lipinski definition) is 2. The van der Waals surface area contributed by atoms with Gasteiger partial charge in [0.2, 0.25) is 5.91 Å². The van der Waals surface area contributed by atoms with Crippen molar-refractivity contribution in [1.29, 1.82) is 0 Å². The summed E-state index contributed by atoms with van der Waals surface area (Å²) >= 11 is 0. The van der Waals surface area contributed by atoms with Gasteiger partial charge in [-0.3, -0.25) is 9.69 Å². The maximum absolute atomic E-state index is 12.1. The van der Waals surface area contributed by atoms with E-state index in [-0.39, 0.29) is 11.9 Å². The SMILES string of the molecule is O=C(NCC1CCCN(C2CCCOC2)C1)C1CCCN1. The summed E-state index contributed by atoms with van der Waals surface area (Å²) in [5.41, 5.74) is 0. The van der Waals surface area contributed by atoms with Crippen LogP contribution in [0.3, 0.4) is 0 Å². The van der Waals surface area contributed by atoms with Crippen molar-refractivity contribution >= 4 is 5.91 Å². The summed E-state index contributed by atoms with van der Waals surface area (Å²) in [5, 5.41) is 6.42. The van der Waals surface area contributed by atoms with Crippen molar-refractivity contribution in [3.8, 4) is 0 Å². The fourth-order valence-corrected chi connectivity index (χ4v) is 3.88. The largest absolute Gasteiger partial charge is 0.380 e. The summed E-state index contributed by atoms with van der Waals surface area (Å²) < 4.78 is 5.62. The fourth-order valence-electron chi connectivity index (χ4n) is 3.88. The number of hydrogen-bond acceptors (Lipinski definition) is 4. The molecule has 3 aliphatic rings. The van der Waals surface area contributed by atoms with Gasteiger partial charge in [-0.2, -0.15) is 0 Å². The van der Waals surface area contributed by atoms with Crippen LogP contribution in [0.1, 0.15) is 38.5 Å². The third kappa shape index (κ3) is 4.18. The molecule has 0 radical (unpaired) electrons. The average Bonchev–Trinajstić information content (AvgIpc) is 3.08. The molecule has 1 amide bonds. The van der Waals surface area contributed by atoms with Gasteiger partial charge in [-0.1, -0.05) is 0 Å². The number of nitrogens with zero attached hydrogens (tertiary/aromatic N) is 1. The summed E-state index contributed by atoms with van der Waals surface area (Å²) in [5.74, 6) is 0.802. The van der Waals surface area contributed by atoms with Gasteiger partial charge >= 0.3 is 0 Å². The van der Waals surface area contributed by atoms with Crippen molar-refractivity contribution in [2.45, 2.75) is 50.6 Å². The first-order chi connectivity index (χ1) is 10.3. The van der Waals surface area contributed by atoms with Crippen LogP contribution < -0.4 is 10.6 Å². The van der Waals surface area contributed by atoms with Gasteiger partial charge in [-0.25, -0.2) is 0 Å². The van der Waals surface area contributed by atoms with Crippen molar-refractivity contribution in [2.75, 3.05) is 39.4 Å². The first-order valence-electron chi connectivity index (χ1n) is 8.66. The molecule has 0 aliphatic carbocycles. The molecule has 21 heavy (non-hydrogen) atoms. The zero-order valence-electron chi connectivity index (χ0n) is 13.0. The standard InChI is InChI=1S/C16H29N3O2/c20-16(15-6-1-7-17-15)18-10-13-4-2-8-19(11-13)14-5-3-9-21-12-14/h13-15,17H,1-12H2,(H,18,20). The van der Waals surface area contributed by atoms with Crippen LogP contribution >= 0.6 is 0 Å². The molecule has 0 aromatic carbocycles. The summed E-state index contributed by atoms with van der Waals surface area (Å²) in [6.07, 6.45) is 7.06. The second kappa shape index (κ2) is 7.56. The van der Waals surface area contributed by atoms with Gasteiger partial charge in [-0.15, -0.1) is 0 Å². The molecule has 3 unspecified atom stereocenters. The summed E-state index contributed by atoms with van der Waals surface area (Å²) in [4.78, 5) is 14.7. The van der Waals surface area contributed by atoms with Crippen LogP contribution in [0.25, 0.3) is 0 Å². The van der Waals surface area contributed by atoms with Crippen molar-refractivity contribution in [2.24, 2.45) is 5.92 Å². The van der Waals surface area contributed by atoms with Gasteiger partial charge in [-0.05, 0) is 57.5 Å². The number of carbonyl (C=O) groups is 1. The minimum atomic E-state index is 0.0523. The fraction of sp³-hybridized carbons (Fsp3) is 0.938. The maximum atomic E-state index is 12.1. The molecule has 3 atom stereocenters. The number of rotatable bonds is 4. The third-order valence-electron chi connectivity index (χ3n) is 5.14. The van der Waals surface area contributed by atoms with Crippen molar-refractivity contribution in [1.82, 2.24) is 15.5 Å². The Balaban J connectivity index is 1.41. The Kier molecular flexibility index (Phi) is 5.49. The molecule has 3 aliphatic heterocycles. The van der Waals surface area contributed by atoms with Crippen LogP contribution in [0.5, 0.6) is 0 Å². The number of amides is 1. The van der Waals surface area contributed by atoms with Crippen LogP contribution in [-0.2, 0) is 9.53 Å². The van der Waals surface area contributed by atoms with Crippen molar-refractivity contribution in [3.63, 3.8) is 0 Å². The van der Waals surface area contributed by atoms with Gasteiger partial charge in [0.1, 0.15) is 0 Å². The lowest BCUT2D eigenvalue weighted by Crippen LogP contribution is -2.49.